The van der Waals surface area contributed by atoms with E-state index in [1.807, 2.05) is 12.1 Å². The maximum atomic E-state index is 5.98. The fourth-order valence-corrected chi connectivity index (χ4v) is 3.30. The molecule has 0 atom stereocenters. The van der Waals surface area contributed by atoms with Crippen LogP contribution in [0.1, 0.15) is 25.6 Å². The number of methoxy groups -OCH3 is 1. The number of ether oxygens (including phenoxy) is 2. The van der Waals surface area contributed by atoms with Crippen LogP contribution in [-0.4, -0.2) is 35.8 Å². The second kappa shape index (κ2) is 5.85. The molecule has 4 nitrogen and oxygen atoms in total. The molecular formula is C16H21ClN2O2. The molecule has 3 rings (SSSR count). The summed E-state index contributed by atoms with van der Waals surface area (Å²) < 4.78 is 13.2. The summed E-state index contributed by atoms with van der Waals surface area (Å²) in [5.41, 5.74) is 2.17. The maximum absolute atomic E-state index is 5.98. The minimum Gasteiger partial charge on any atom is -0.497 e. The van der Waals surface area contributed by atoms with Crippen molar-refractivity contribution in [2.75, 3.05) is 26.2 Å². The lowest BCUT2D eigenvalue weighted by Crippen LogP contribution is -2.37. The first kappa shape index (κ1) is 14.7. The number of hydrogen-bond donors (Lipinski definition) is 0. The molecule has 1 aliphatic rings. The average Bonchev–Trinajstić information content (AvgIpc) is 2.86. The van der Waals surface area contributed by atoms with Crippen molar-refractivity contribution in [1.29, 1.82) is 0 Å². The predicted octanol–water partition coefficient (Wildman–Crippen LogP) is 3.35. The molecule has 5 heteroatoms. The van der Waals surface area contributed by atoms with Gasteiger partial charge in [0.25, 0.3) is 0 Å². The van der Waals surface area contributed by atoms with Crippen molar-refractivity contribution >= 4 is 22.6 Å². The lowest BCUT2D eigenvalue weighted by molar-refractivity contribution is 0.0301. The molecule has 1 saturated heterocycles. The van der Waals surface area contributed by atoms with Crippen molar-refractivity contribution in [3.8, 4) is 5.75 Å². The van der Waals surface area contributed by atoms with Crippen molar-refractivity contribution in [2.45, 2.75) is 31.7 Å². The molecule has 0 unspecified atom stereocenters. The zero-order valence-electron chi connectivity index (χ0n) is 12.6. The Hall–Kier alpha value is -1.26. The minimum atomic E-state index is 0.0446. The second-order valence-electron chi connectivity index (χ2n) is 5.77. The molecule has 0 amide bonds. The molecular weight excluding hydrogens is 288 g/mol. The minimum absolute atomic E-state index is 0.0446. The van der Waals surface area contributed by atoms with Gasteiger partial charge >= 0.3 is 0 Å². The van der Waals surface area contributed by atoms with Crippen LogP contribution in [0.4, 0.5) is 0 Å². The molecule has 0 aliphatic carbocycles. The molecule has 1 aromatic carbocycles. The van der Waals surface area contributed by atoms with E-state index in [2.05, 4.69) is 17.6 Å². The van der Waals surface area contributed by atoms with Gasteiger partial charge in [0.1, 0.15) is 11.6 Å². The van der Waals surface area contributed by atoms with Crippen molar-refractivity contribution in [3.63, 3.8) is 0 Å². The molecule has 2 aromatic rings. The van der Waals surface area contributed by atoms with Crippen LogP contribution in [0, 0.1) is 0 Å². The van der Waals surface area contributed by atoms with Crippen LogP contribution in [-0.2, 0) is 16.7 Å². The van der Waals surface area contributed by atoms with Crippen LogP contribution in [0.3, 0.4) is 0 Å². The van der Waals surface area contributed by atoms with Gasteiger partial charge in [0.15, 0.2) is 0 Å². The molecule has 1 fully saturated rings. The highest BCUT2D eigenvalue weighted by Crippen LogP contribution is 2.35. The molecule has 114 valence electrons. The maximum Gasteiger partial charge on any atom is 0.121 e. The largest absolute Gasteiger partial charge is 0.497 e. The highest BCUT2D eigenvalue weighted by atomic mass is 35.5. The van der Waals surface area contributed by atoms with E-state index in [-0.39, 0.29) is 5.54 Å². The Morgan fingerprint density at radius 1 is 1.38 bits per heavy atom. The third-order valence-corrected chi connectivity index (χ3v) is 4.55. The topological polar surface area (TPSA) is 36.3 Å². The first-order valence-electron chi connectivity index (χ1n) is 7.37. The number of alkyl halides is 1. The number of fused-ring (bicyclic) bond motifs is 1. The fraction of sp³-hybridized carbons (Fsp3) is 0.562. The third-order valence-electron chi connectivity index (χ3n) is 4.36. The molecule has 0 N–H and O–H groups in total. The summed E-state index contributed by atoms with van der Waals surface area (Å²) in [5, 5.41) is 0. The van der Waals surface area contributed by atoms with Crippen LogP contribution < -0.4 is 4.74 Å². The van der Waals surface area contributed by atoms with Crippen LogP contribution in [0.5, 0.6) is 5.75 Å². The number of rotatable bonds is 4. The van der Waals surface area contributed by atoms with Gasteiger partial charge in [-0.15, -0.1) is 11.6 Å². The van der Waals surface area contributed by atoms with Crippen molar-refractivity contribution < 1.29 is 9.47 Å². The number of aromatic nitrogens is 2. The molecule has 21 heavy (non-hydrogen) atoms. The second-order valence-corrected chi connectivity index (χ2v) is 6.14. The van der Waals surface area contributed by atoms with E-state index in [0.29, 0.717) is 5.88 Å². The summed E-state index contributed by atoms with van der Waals surface area (Å²) in [6.45, 7) is 3.89. The number of imidazole rings is 1. The van der Waals surface area contributed by atoms with Gasteiger partial charge in [0, 0.05) is 37.1 Å². The van der Waals surface area contributed by atoms with E-state index in [1.54, 1.807) is 7.11 Å². The van der Waals surface area contributed by atoms with E-state index in [4.69, 9.17) is 26.1 Å². The summed E-state index contributed by atoms with van der Waals surface area (Å²) in [4.78, 5) is 4.79. The van der Waals surface area contributed by atoms with Crippen molar-refractivity contribution in [1.82, 2.24) is 9.55 Å². The van der Waals surface area contributed by atoms with Gasteiger partial charge in [-0.05, 0) is 31.9 Å². The van der Waals surface area contributed by atoms with Gasteiger partial charge in [-0.1, -0.05) is 0 Å². The Morgan fingerprint density at radius 2 is 2.14 bits per heavy atom. The molecule has 0 saturated carbocycles. The molecule has 0 spiro atoms. The quantitative estimate of drug-likeness (QED) is 0.813. The number of aryl methyl sites for hydroxylation is 1. The number of benzene rings is 1. The summed E-state index contributed by atoms with van der Waals surface area (Å²) in [7, 11) is 1.68. The van der Waals surface area contributed by atoms with Crippen LogP contribution in [0.15, 0.2) is 18.2 Å². The Bertz CT molecular complexity index is 632. The summed E-state index contributed by atoms with van der Waals surface area (Å²) in [6.07, 6.45) is 2.77. The van der Waals surface area contributed by atoms with Crippen molar-refractivity contribution in [3.05, 3.63) is 24.0 Å². The summed E-state index contributed by atoms with van der Waals surface area (Å²) in [5.74, 6) is 2.46. The van der Waals surface area contributed by atoms with E-state index in [1.165, 1.54) is 0 Å². The monoisotopic (exact) mass is 308 g/mol. The average molecular weight is 309 g/mol. The van der Waals surface area contributed by atoms with Gasteiger partial charge < -0.3 is 14.0 Å². The van der Waals surface area contributed by atoms with E-state index in [0.717, 1.165) is 55.1 Å². The van der Waals surface area contributed by atoms with Crippen LogP contribution in [0.2, 0.25) is 0 Å². The van der Waals surface area contributed by atoms with Gasteiger partial charge in [0.2, 0.25) is 0 Å². The lowest BCUT2D eigenvalue weighted by Gasteiger charge is -2.36. The lowest BCUT2D eigenvalue weighted by atomic mass is 9.91. The summed E-state index contributed by atoms with van der Waals surface area (Å²) in [6, 6.07) is 6.08. The SMILES string of the molecule is COc1ccc2c(c1)nc(CCCl)n2C1(C)CCOCC1. The number of nitrogens with zero attached hydrogens (tertiary/aromatic N) is 2. The van der Waals surface area contributed by atoms with E-state index in [9.17, 15) is 0 Å². The van der Waals surface area contributed by atoms with E-state index >= 15 is 0 Å². The molecule has 0 radical (unpaired) electrons. The molecule has 2 heterocycles. The van der Waals surface area contributed by atoms with Gasteiger partial charge in [-0.3, -0.25) is 0 Å². The number of hydrogen-bond acceptors (Lipinski definition) is 3. The number of halogens is 1. The Labute approximate surface area is 130 Å². The highest BCUT2D eigenvalue weighted by Gasteiger charge is 2.32. The summed E-state index contributed by atoms with van der Waals surface area (Å²) >= 11 is 5.98. The van der Waals surface area contributed by atoms with Crippen LogP contribution >= 0.6 is 11.6 Å². The molecule has 1 aromatic heterocycles. The standard InChI is InChI=1S/C16H21ClN2O2/c1-16(6-9-21-10-7-16)19-14-4-3-12(20-2)11-13(14)18-15(19)5-8-17/h3-4,11H,5-10H2,1-2H3. The Kier molecular flexibility index (Phi) is 4.09. The van der Waals surface area contributed by atoms with Crippen molar-refractivity contribution in [2.24, 2.45) is 0 Å². The first-order chi connectivity index (χ1) is 10.2. The van der Waals surface area contributed by atoms with Gasteiger partial charge in [-0.25, -0.2) is 4.98 Å². The van der Waals surface area contributed by atoms with Gasteiger partial charge in [0.05, 0.1) is 18.1 Å². The molecule has 1 aliphatic heterocycles. The Balaban J connectivity index is 2.15. The normalized spacial score (nSPS) is 18.0. The van der Waals surface area contributed by atoms with Gasteiger partial charge in [-0.2, -0.15) is 0 Å². The fourth-order valence-electron chi connectivity index (χ4n) is 3.13. The zero-order chi connectivity index (χ0) is 14.9. The third kappa shape index (κ3) is 2.62. The highest BCUT2D eigenvalue weighted by molar-refractivity contribution is 6.17. The smallest absolute Gasteiger partial charge is 0.121 e. The van der Waals surface area contributed by atoms with Crippen LogP contribution in [0.25, 0.3) is 11.0 Å². The first-order valence-corrected chi connectivity index (χ1v) is 7.91. The van der Waals surface area contributed by atoms with E-state index < -0.39 is 0 Å². The Morgan fingerprint density at radius 3 is 2.81 bits per heavy atom. The zero-order valence-corrected chi connectivity index (χ0v) is 13.3. The molecule has 0 bridgehead atoms. The predicted molar refractivity (Wildman–Crippen MR) is 84.4 cm³/mol.